The van der Waals surface area contributed by atoms with Crippen molar-refractivity contribution in [2.24, 2.45) is 5.92 Å². The molecule has 0 radical (unpaired) electrons. The number of nitrogens with one attached hydrogen (secondary N) is 2. The average Bonchev–Trinajstić information content (AvgIpc) is 2.48. The molecule has 0 aliphatic heterocycles. The lowest BCUT2D eigenvalue weighted by atomic mass is 10.1. The van der Waals surface area contributed by atoms with E-state index in [0.717, 1.165) is 6.42 Å². The molecule has 25 heavy (non-hydrogen) atoms. The predicted octanol–water partition coefficient (Wildman–Crippen LogP) is 2.56. The first-order chi connectivity index (χ1) is 11.5. The lowest BCUT2D eigenvalue weighted by molar-refractivity contribution is 0.0925. The molecule has 1 aromatic carbocycles. The molecular formula is C18H30N2O4S. The van der Waals surface area contributed by atoms with Gasteiger partial charge in [0, 0.05) is 30.9 Å². The van der Waals surface area contributed by atoms with Crippen LogP contribution in [0.3, 0.4) is 0 Å². The van der Waals surface area contributed by atoms with E-state index in [1.54, 1.807) is 20.8 Å². The van der Waals surface area contributed by atoms with Crippen LogP contribution in [0.5, 0.6) is 0 Å². The van der Waals surface area contributed by atoms with E-state index in [1.165, 1.54) is 24.3 Å². The summed E-state index contributed by atoms with van der Waals surface area (Å²) in [5, 5.41) is 2.80. The van der Waals surface area contributed by atoms with Crippen LogP contribution in [0, 0.1) is 5.92 Å². The smallest absolute Gasteiger partial charge is 0.251 e. The van der Waals surface area contributed by atoms with Gasteiger partial charge in [0.25, 0.3) is 5.91 Å². The van der Waals surface area contributed by atoms with E-state index in [2.05, 4.69) is 23.9 Å². The quantitative estimate of drug-likeness (QED) is 0.654. The van der Waals surface area contributed by atoms with Crippen molar-refractivity contribution in [3.05, 3.63) is 29.8 Å². The van der Waals surface area contributed by atoms with Gasteiger partial charge in [0.1, 0.15) is 0 Å². The van der Waals surface area contributed by atoms with E-state index >= 15 is 0 Å². The van der Waals surface area contributed by atoms with Crippen LogP contribution in [0.4, 0.5) is 0 Å². The zero-order chi connectivity index (χ0) is 19.1. The molecule has 0 saturated heterocycles. The molecule has 1 amide bonds. The highest BCUT2D eigenvalue weighted by molar-refractivity contribution is 7.89. The molecule has 0 saturated carbocycles. The molecule has 7 heteroatoms. The number of carbonyl (C=O) groups excluding carboxylic acids is 1. The van der Waals surface area contributed by atoms with Gasteiger partial charge >= 0.3 is 0 Å². The van der Waals surface area contributed by atoms with Gasteiger partial charge in [-0.15, -0.1) is 0 Å². The maximum atomic E-state index is 12.2. The zero-order valence-corrected chi connectivity index (χ0v) is 16.6. The van der Waals surface area contributed by atoms with Gasteiger partial charge in [-0.05, 0) is 57.4 Å². The number of rotatable bonds is 9. The summed E-state index contributed by atoms with van der Waals surface area (Å²) in [7, 11) is -3.59. The Morgan fingerprint density at radius 1 is 1.16 bits per heavy atom. The first-order valence-corrected chi connectivity index (χ1v) is 9.99. The molecule has 0 spiro atoms. The molecule has 0 bridgehead atoms. The SMILES string of the molecule is CC(C)COCCCNC(=O)c1ccc(S(=O)(=O)NC(C)(C)C)cc1. The van der Waals surface area contributed by atoms with Gasteiger partial charge in [-0.1, -0.05) is 13.8 Å². The lowest BCUT2D eigenvalue weighted by Crippen LogP contribution is -2.40. The Balaban J connectivity index is 2.52. The van der Waals surface area contributed by atoms with Crippen LogP contribution in [0.2, 0.25) is 0 Å². The van der Waals surface area contributed by atoms with Crippen LogP contribution in [0.15, 0.2) is 29.2 Å². The van der Waals surface area contributed by atoms with Gasteiger partial charge in [0.2, 0.25) is 10.0 Å². The number of carbonyl (C=O) groups is 1. The Labute approximate surface area is 151 Å². The van der Waals surface area contributed by atoms with Gasteiger partial charge < -0.3 is 10.1 Å². The van der Waals surface area contributed by atoms with Crippen LogP contribution in [-0.2, 0) is 14.8 Å². The second-order valence-electron chi connectivity index (χ2n) is 7.46. The van der Waals surface area contributed by atoms with Crippen LogP contribution < -0.4 is 10.0 Å². The minimum Gasteiger partial charge on any atom is -0.381 e. The van der Waals surface area contributed by atoms with Crippen molar-refractivity contribution in [3.8, 4) is 0 Å². The van der Waals surface area contributed by atoms with Crippen LogP contribution in [-0.4, -0.2) is 39.6 Å². The van der Waals surface area contributed by atoms with Crippen LogP contribution in [0.25, 0.3) is 0 Å². The molecule has 0 heterocycles. The van der Waals surface area contributed by atoms with Crippen molar-refractivity contribution < 1.29 is 17.9 Å². The highest BCUT2D eigenvalue weighted by atomic mass is 32.2. The minimum atomic E-state index is -3.59. The normalized spacial score (nSPS) is 12.4. The molecule has 0 aliphatic rings. The van der Waals surface area contributed by atoms with E-state index in [9.17, 15) is 13.2 Å². The van der Waals surface area contributed by atoms with E-state index < -0.39 is 15.6 Å². The Hall–Kier alpha value is -1.44. The summed E-state index contributed by atoms with van der Waals surface area (Å²) in [5.41, 5.74) is -0.134. The fourth-order valence-corrected chi connectivity index (χ4v) is 3.46. The maximum Gasteiger partial charge on any atom is 0.251 e. The average molecular weight is 371 g/mol. The molecule has 6 nitrogen and oxygen atoms in total. The van der Waals surface area contributed by atoms with Crippen molar-refractivity contribution in [1.29, 1.82) is 0 Å². The summed E-state index contributed by atoms with van der Waals surface area (Å²) in [6, 6.07) is 5.91. The number of ether oxygens (including phenoxy) is 1. The van der Waals surface area contributed by atoms with E-state index in [0.29, 0.717) is 31.2 Å². The van der Waals surface area contributed by atoms with Gasteiger partial charge in [0.05, 0.1) is 4.90 Å². The van der Waals surface area contributed by atoms with E-state index in [4.69, 9.17) is 4.74 Å². The van der Waals surface area contributed by atoms with Crippen molar-refractivity contribution in [2.75, 3.05) is 19.8 Å². The highest BCUT2D eigenvalue weighted by Gasteiger charge is 2.22. The second kappa shape index (κ2) is 9.31. The minimum absolute atomic E-state index is 0.140. The first kappa shape index (κ1) is 21.6. The first-order valence-electron chi connectivity index (χ1n) is 8.51. The number of benzene rings is 1. The molecule has 1 aromatic rings. The molecule has 0 aliphatic carbocycles. The van der Waals surface area contributed by atoms with Crippen molar-refractivity contribution >= 4 is 15.9 Å². The molecule has 1 rings (SSSR count). The number of hydrogen-bond acceptors (Lipinski definition) is 4. The summed E-state index contributed by atoms with van der Waals surface area (Å²) in [4.78, 5) is 12.2. The monoisotopic (exact) mass is 370 g/mol. The zero-order valence-electron chi connectivity index (χ0n) is 15.8. The van der Waals surface area contributed by atoms with Crippen LogP contribution >= 0.6 is 0 Å². The second-order valence-corrected chi connectivity index (χ2v) is 9.14. The highest BCUT2D eigenvalue weighted by Crippen LogP contribution is 2.14. The topological polar surface area (TPSA) is 84.5 Å². The summed E-state index contributed by atoms with van der Waals surface area (Å²) < 4.78 is 32.5. The van der Waals surface area contributed by atoms with E-state index in [-0.39, 0.29) is 10.8 Å². The Kier molecular flexibility index (Phi) is 8.05. The van der Waals surface area contributed by atoms with Crippen molar-refractivity contribution in [3.63, 3.8) is 0 Å². The molecule has 142 valence electrons. The molecular weight excluding hydrogens is 340 g/mol. The standard InChI is InChI=1S/C18H30N2O4S/c1-14(2)13-24-12-6-11-19-17(21)15-7-9-16(10-8-15)25(22,23)20-18(3,4)5/h7-10,14,20H,6,11-13H2,1-5H3,(H,19,21). The maximum absolute atomic E-state index is 12.2. The van der Waals surface area contributed by atoms with Gasteiger partial charge in [-0.2, -0.15) is 0 Å². The fraction of sp³-hybridized carbons (Fsp3) is 0.611. The number of hydrogen-bond donors (Lipinski definition) is 2. The molecule has 0 unspecified atom stereocenters. The molecule has 0 fully saturated rings. The van der Waals surface area contributed by atoms with E-state index in [1.807, 2.05) is 0 Å². The number of sulfonamides is 1. The summed E-state index contributed by atoms with van der Waals surface area (Å²) in [5.74, 6) is 0.272. The molecule has 0 aromatic heterocycles. The largest absolute Gasteiger partial charge is 0.381 e. The number of amides is 1. The van der Waals surface area contributed by atoms with Crippen molar-refractivity contribution in [2.45, 2.75) is 51.5 Å². The summed E-state index contributed by atoms with van der Waals surface area (Å²) >= 11 is 0. The fourth-order valence-electron chi connectivity index (χ4n) is 2.04. The van der Waals surface area contributed by atoms with Crippen molar-refractivity contribution in [1.82, 2.24) is 10.0 Å². The third-order valence-electron chi connectivity index (χ3n) is 3.07. The lowest BCUT2D eigenvalue weighted by Gasteiger charge is -2.20. The third-order valence-corrected chi connectivity index (χ3v) is 4.84. The van der Waals surface area contributed by atoms with Gasteiger partial charge in [0.15, 0.2) is 0 Å². The third kappa shape index (κ3) is 8.47. The summed E-state index contributed by atoms with van der Waals surface area (Å²) in [6.45, 7) is 11.3. The van der Waals surface area contributed by atoms with Gasteiger partial charge in [-0.25, -0.2) is 13.1 Å². The Morgan fingerprint density at radius 2 is 1.76 bits per heavy atom. The molecule has 2 N–H and O–H groups in total. The molecule has 0 atom stereocenters. The van der Waals surface area contributed by atoms with Crippen LogP contribution in [0.1, 0.15) is 51.4 Å². The summed E-state index contributed by atoms with van der Waals surface area (Å²) in [6.07, 6.45) is 0.737. The Morgan fingerprint density at radius 3 is 2.28 bits per heavy atom. The van der Waals surface area contributed by atoms with Gasteiger partial charge in [-0.3, -0.25) is 4.79 Å². The Bertz CT molecular complexity index is 647. The predicted molar refractivity (Wildman–Crippen MR) is 99.1 cm³/mol.